The summed E-state index contributed by atoms with van der Waals surface area (Å²) < 4.78 is 5.31. The second kappa shape index (κ2) is 7.34. The van der Waals surface area contributed by atoms with Gasteiger partial charge in [-0.3, -0.25) is 0 Å². The lowest BCUT2D eigenvalue weighted by Gasteiger charge is -2.25. The topological polar surface area (TPSA) is 71.3 Å². The second-order valence-corrected chi connectivity index (χ2v) is 7.40. The molecule has 0 bridgehead atoms. The molecule has 1 N–H and O–H groups in total. The summed E-state index contributed by atoms with van der Waals surface area (Å²) in [6.07, 6.45) is 2.70. The van der Waals surface area contributed by atoms with E-state index in [0.29, 0.717) is 11.7 Å². The van der Waals surface area contributed by atoms with Crippen molar-refractivity contribution in [1.29, 1.82) is 0 Å². The van der Waals surface area contributed by atoms with Crippen molar-refractivity contribution in [3.8, 4) is 0 Å². The molecule has 0 saturated carbocycles. The zero-order valence-electron chi connectivity index (χ0n) is 14.4. The van der Waals surface area contributed by atoms with Crippen LogP contribution in [0, 0.1) is 0 Å². The van der Waals surface area contributed by atoms with Crippen LogP contribution < -0.4 is 5.32 Å². The lowest BCUT2D eigenvalue weighted by atomic mass is 10.2. The highest BCUT2D eigenvalue weighted by Crippen LogP contribution is 2.31. The summed E-state index contributed by atoms with van der Waals surface area (Å²) in [5.41, 5.74) is 0. The molecule has 2 aromatic heterocycles. The molecule has 0 radical (unpaired) electrons. The fourth-order valence-electron chi connectivity index (χ4n) is 2.99. The summed E-state index contributed by atoms with van der Waals surface area (Å²) in [5.74, 6) is 1.44. The normalized spacial score (nSPS) is 19.0. The number of amides is 2. The third-order valence-corrected chi connectivity index (χ3v) is 5.34. The Hall–Kier alpha value is -1.89. The minimum Gasteiger partial charge on any atom is -0.339 e. The van der Waals surface area contributed by atoms with E-state index in [1.807, 2.05) is 30.2 Å². The fraction of sp³-hybridized carbons (Fsp3) is 0.588. The molecule has 130 valence electrons. The van der Waals surface area contributed by atoms with Gasteiger partial charge in [-0.05, 0) is 30.7 Å². The second-order valence-electron chi connectivity index (χ2n) is 6.42. The summed E-state index contributed by atoms with van der Waals surface area (Å²) >= 11 is 1.67. The Balaban J connectivity index is 1.71. The molecule has 7 heteroatoms. The summed E-state index contributed by atoms with van der Waals surface area (Å²) in [5, 5.41) is 9.28. The highest BCUT2D eigenvalue weighted by atomic mass is 32.1. The number of nitrogens with zero attached hydrogens (tertiary/aromatic N) is 3. The Morgan fingerprint density at radius 3 is 3.00 bits per heavy atom. The molecular formula is C17H24N4O2S. The zero-order chi connectivity index (χ0) is 17.1. The van der Waals surface area contributed by atoms with Crippen molar-refractivity contribution in [1.82, 2.24) is 20.4 Å². The van der Waals surface area contributed by atoms with E-state index in [0.717, 1.165) is 25.8 Å². The summed E-state index contributed by atoms with van der Waals surface area (Å²) in [6, 6.07) is 3.99. The largest absolute Gasteiger partial charge is 0.339 e. The minimum absolute atomic E-state index is 0.0475. The van der Waals surface area contributed by atoms with Crippen molar-refractivity contribution in [2.45, 2.75) is 58.0 Å². The first kappa shape index (κ1) is 17.0. The van der Waals surface area contributed by atoms with Crippen molar-refractivity contribution in [3.05, 3.63) is 34.1 Å². The van der Waals surface area contributed by atoms with E-state index in [4.69, 9.17) is 4.52 Å². The molecule has 0 aromatic carbocycles. The van der Waals surface area contributed by atoms with Gasteiger partial charge in [-0.25, -0.2) is 4.79 Å². The molecule has 2 amide bonds. The predicted octanol–water partition coefficient (Wildman–Crippen LogP) is 4.25. The Labute approximate surface area is 146 Å². The van der Waals surface area contributed by atoms with E-state index in [-0.39, 0.29) is 24.0 Å². The maximum Gasteiger partial charge on any atom is 0.318 e. The fourth-order valence-corrected chi connectivity index (χ4v) is 3.85. The number of hydrogen-bond donors (Lipinski definition) is 1. The van der Waals surface area contributed by atoms with Gasteiger partial charge >= 0.3 is 6.03 Å². The first-order valence-electron chi connectivity index (χ1n) is 8.54. The SMILES string of the molecule is CC[C@H](NC(=O)N1CCC[C@H]1c1noc(C(C)C)n1)c1cccs1. The number of urea groups is 1. The molecular weight excluding hydrogens is 324 g/mol. The van der Waals surface area contributed by atoms with Gasteiger partial charge in [-0.1, -0.05) is 32.0 Å². The number of aromatic nitrogens is 2. The van der Waals surface area contributed by atoms with Crippen molar-refractivity contribution in [2.24, 2.45) is 0 Å². The summed E-state index contributed by atoms with van der Waals surface area (Å²) in [6.45, 7) is 6.84. The summed E-state index contributed by atoms with van der Waals surface area (Å²) in [4.78, 5) is 20.3. The zero-order valence-corrected chi connectivity index (χ0v) is 15.2. The van der Waals surface area contributed by atoms with Crippen LogP contribution >= 0.6 is 11.3 Å². The van der Waals surface area contributed by atoms with Gasteiger partial charge in [-0.15, -0.1) is 11.3 Å². The highest BCUT2D eigenvalue weighted by Gasteiger charge is 2.34. The van der Waals surface area contributed by atoms with Crippen molar-refractivity contribution in [2.75, 3.05) is 6.54 Å². The number of hydrogen-bond acceptors (Lipinski definition) is 5. The van der Waals surface area contributed by atoms with E-state index >= 15 is 0 Å². The average molecular weight is 348 g/mol. The van der Waals surface area contributed by atoms with Crippen LogP contribution in [0.25, 0.3) is 0 Å². The first-order chi connectivity index (χ1) is 11.6. The Kier molecular flexibility index (Phi) is 5.18. The van der Waals surface area contributed by atoms with E-state index in [9.17, 15) is 4.79 Å². The molecule has 3 heterocycles. The van der Waals surface area contributed by atoms with E-state index < -0.39 is 0 Å². The van der Waals surface area contributed by atoms with E-state index in [1.165, 1.54) is 4.88 Å². The molecule has 6 nitrogen and oxygen atoms in total. The molecule has 0 aliphatic carbocycles. The van der Waals surface area contributed by atoms with Crippen molar-refractivity contribution in [3.63, 3.8) is 0 Å². The van der Waals surface area contributed by atoms with Crippen LogP contribution in [0.15, 0.2) is 22.0 Å². The van der Waals surface area contributed by atoms with Crippen LogP contribution in [-0.2, 0) is 0 Å². The third kappa shape index (κ3) is 3.45. The van der Waals surface area contributed by atoms with Gasteiger partial charge in [0.15, 0.2) is 5.82 Å². The van der Waals surface area contributed by atoms with Crippen molar-refractivity contribution >= 4 is 17.4 Å². The van der Waals surface area contributed by atoms with Crippen LogP contribution in [0.3, 0.4) is 0 Å². The molecule has 0 spiro atoms. The maximum absolute atomic E-state index is 12.8. The Morgan fingerprint density at radius 1 is 1.54 bits per heavy atom. The molecule has 24 heavy (non-hydrogen) atoms. The molecule has 0 unspecified atom stereocenters. The number of nitrogens with one attached hydrogen (secondary N) is 1. The van der Waals surface area contributed by atoms with Crippen LogP contribution in [0.1, 0.15) is 74.6 Å². The maximum atomic E-state index is 12.8. The van der Waals surface area contributed by atoms with Gasteiger partial charge in [0.2, 0.25) is 5.89 Å². The van der Waals surface area contributed by atoms with Crippen LogP contribution in [0.2, 0.25) is 0 Å². The van der Waals surface area contributed by atoms with Gasteiger partial charge in [0, 0.05) is 17.3 Å². The van der Waals surface area contributed by atoms with E-state index in [2.05, 4.69) is 28.4 Å². The standard InChI is InChI=1S/C17H24N4O2S/c1-4-12(14-8-6-10-24-14)18-17(22)21-9-5-7-13(21)15-19-16(11(2)3)23-20-15/h6,8,10-13H,4-5,7,9H2,1-3H3,(H,18,22)/t12-,13-/m0/s1. The lowest BCUT2D eigenvalue weighted by molar-refractivity contribution is 0.185. The monoisotopic (exact) mass is 348 g/mol. The molecule has 2 atom stereocenters. The molecule has 1 fully saturated rings. The third-order valence-electron chi connectivity index (χ3n) is 4.36. The molecule has 1 aliphatic rings. The quantitative estimate of drug-likeness (QED) is 0.877. The van der Waals surface area contributed by atoms with Crippen LogP contribution in [0.5, 0.6) is 0 Å². The number of rotatable bonds is 5. The molecule has 3 rings (SSSR count). The number of likely N-dealkylation sites (tertiary alicyclic amines) is 1. The van der Waals surface area contributed by atoms with Gasteiger partial charge in [0.1, 0.15) is 0 Å². The van der Waals surface area contributed by atoms with E-state index in [1.54, 1.807) is 11.3 Å². The van der Waals surface area contributed by atoms with Crippen molar-refractivity contribution < 1.29 is 9.32 Å². The lowest BCUT2D eigenvalue weighted by Crippen LogP contribution is -2.41. The highest BCUT2D eigenvalue weighted by molar-refractivity contribution is 7.10. The van der Waals surface area contributed by atoms with Gasteiger partial charge in [0.05, 0.1) is 12.1 Å². The number of thiophene rings is 1. The number of carbonyl (C=O) groups is 1. The molecule has 2 aromatic rings. The first-order valence-corrected chi connectivity index (χ1v) is 9.42. The minimum atomic E-state index is -0.0953. The Morgan fingerprint density at radius 2 is 2.38 bits per heavy atom. The van der Waals surface area contributed by atoms with Gasteiger partial charge < -0.3 is 14.7 Å². The Bertz CT molecular complexity index is 668. The number of carbonyl (C=O) groups excluding carboxylic acids is 1. The summed E-state index contributed by atoms with van der Waals surface area (Å²) in [7, 11) is 0. The molecule has 1 aliphatic heterocycles. The van der Waals surface area contributed by atoms with Gasteiger partial charge in [0.25, 0.3) is 0 Å². The van der Waals surface area contributed by atoms with Gasteiger partial charge in [-0.2, -0.15) is 4.98 Å². The van der Waals surface area contributed by atoms with Crippen LogP contribution in [-0.4, -0.2) is 27.6 Å². The smallest absolute Gasteiger partial charge is 0.318 e. The molecule has 1 saturated heterocycles. The predicted molar refractivity (Wildman–Crippen MR) is 93.0 cm³/mol. The average Bonchev–Trinajstić information content (AvgIpc) is 3.32. The van der Waals surface area contributed by atoms with Crippen LogP contribution in [0.4, 0.5) is 4.79 Å².